The number of carbonyl (C=O) groups is 1. The van der Waals surface area contributed by atoms with Crippen LogP contribution in [-0.4, -0.2) is 47.3 Å². The molecule has 2 heterocycles. The normalized spacial score (nSPS) is 17.8. The van der Waals surface area contributed by atoms with E-state index in [1.165, 1.54) is 0 Å². The summed E-state index contributed by atoms with van der Waals surface area (Å²) in [5, 5.41) is 8.13. The van der Waals surface area contributed by atoms with Crippen LogP contribution in [0.4, 0.5) is 0 Å². The molecule has 1 aliphatic heterocycles. The quantitative estimate of drug-likeness (QED) is 0.876. The molecule has 6 nitrogen and oxygen atoms in total. The summed E-state index contributed by atoms with van der Waals surface area (Å²) < 4.78 is 7.54. The first-order chi connectivity index (χ1) is 13.2. The van der Waals surface area contributed by atoms with Crippen LogP contribution in [-0.2, 0) is 5.54 Å². The van der Waals surface area contributed by atoms with Crippen molar-refractivity contribution in [2.75, 3.05) is 26.7 Å². The SMILES string of the molecule is COc1ccccc1C1CNCCN1C(=O)c1cc(C(C)C)n(C(C)(C)C)n1. The average molecular weight is 385 g/mol. The fourth-order valence-corrected chi connectivity index (χ4v) is 3.76. The number of amides is 1. The van der Waals surface area contributed by atoms with Crippen LogP contribution in [0.3, 0.4) is 0 Å². The molecule has 6 heteroatoms. The summed E-state index contributed by atoms with van der Waals surface area (Å²) in [6.45, 7) is 12.7. The van der Waals surface area contributed by atoms with Gasteiger partial charge in [-0.25, -0.2) is 0 Å². The van der Waals surface area contributed by atoms with Crippen LogP contribution in [0.25, 0.3) is 0 Å². The lowest BCUT2D eigenvalue weighted by molar-refractivity contribution is 0.0624. The van der Waals surface area contributed by atoms with Crippen LogP contribution in [0.15, 0.2) is 30.3 Å². The van der Waals surface area contributed by atoms with Crippen LogP contribution >= 0.6 is 0 Å². The monoisotopic (exact) mass is 384 g/mol. The summed E-state index contributed by atoms with van der Waals surface area (Å²) in [5.74, 6) is 1.07. The molecule has 1 aliphatic rings. The van der Waals surface area contributed by atoms with Gasteiger partial charge in [0.2, 0.25) is 0 Å². The zero-order valence-corrected chi connectivity index (χ0v) is 17.8. The smallest absolute Gasteiger partial charge is 0.274 e. The second-order valence-corrected chi connectivity index (χ2v) is 8.65. The van der Waals surface area contributed by atoms with E-state index in [-0.39, 0.29) is 17.5 Å². The lowest BCUT2D eigenvalue weighted by atomic mass is 10.0. The van der Waals surface area contributed by atoms with Gasteiger partial charge in [-0.05, 0) is 38.8 Å². The van der Waals surface area contributed by atoms with Crippen LogP contribution in [0.2, 0.25) is 0 Å². The Balaban J connectivity index is 1.98. The Hall–Kier alpha value is -2.34. The van der Waals surface area contributed by atoms with E-state index in [0.29, 0.717) is 24.7 Å². The van der Waals surface area contributed by atoms with Crippen LogP contribution < -0.4 is 10.1 Å². The fourth-order valence-electron chi connectivity index (χ4n) is 3.76. The maximum Gasteiger partial charge on any atom is 0.274 e. The van der Waals surface area contributed by atoms with Gasteiger partial charge in [-0.1, -0.05) is 32.0 Å². The van der Waals surface area contributed by atoms with E-state index in [1.54, 1.807) is 7.11 Å². The van der Waals surface area contributed by atoms with E-state index >= 15 is 0 Å². The Kier molecular flexibility index (Phi) is 5.79. The number of carbonyl (C=O) groups excluding carboxylic acids is 1. The molecule has 2 aromatic rings. The number of rotatable bonds is 4. The summed E-state index contributed by atoms with van der Waals surface area (Å²) in [4.78, 5) is 15.4. The third kappa shape index (κ3) is 3.92. The molecule has 3 rings (SSSR count). The Morgan fingerprint density at radius 3 is 2.61 bits per heavy atom. The van der Waals surface area contributed by atoms with Crippen molar-refractivity contribution in [3.8, 4) is 5.75 Å². The Morgan fingerprint density at radius 2 is 2.00 bits per heavy atom. The van der Waals surface area contributed by atoms with E-state index in [1.807, 2.05) is 39.9 Å². The van der Waals surface area contributed by atoms with Gasteiger partial charge in [-0.3, -0.25) is 9.48 Å². The van der Waals surface area contributed by atoms with Crippen molar-refractivity contribution in [2.24, 2.45) is 0 Å². The average Bonchev–Trinajstić information content (AvgIpc) is 3.14. The lowest BCUT2D eigenvalue weighted by Crippen LogP contribution is -2.49. The van der Waals surface area contributed by atoms with Crippen molar-refractivity contribution in [2.45, 2.75) is 52.1 Å². The molecule has 0 bridgehead atoms. The van der Waals surface area contributed by atoms with Gasteiger partial charge in [-0.2, -0.15) is 5.10 Å². The molecule has 1 amide bonds. The molecule has 1 aromatic heterocycles. The first-order valence-corrected chi connectivity index (χ1v) is 9.99. The molecule has 0 radical (unpaired) electrons. The first-order valence-electron chi connectivity index (χ1n) is 9.99. The number of hydrogen-bond acceptors (Lipinski definition) is 4. The highest BCUT2D eigenvalue weighted by Crippen LogP contribution is 2.32. The van der Waals surface area contributed by atoms with Crippen molar-refractivity contribution in [1.82, 2.24) is 20.0 Å². The fraction of sp³-hybridized carbons (Fsp3) is 0.545. The zero-order valence-electron chi connectivity index (χ0n) is 17.8. The van der Waals surface area contributed by atoms with Gasteiger partial charge in [0.15, 0.2) is 5.69 Å². The molecule has 0 aliphatic carbocycles. The van der Waals surface area contributed by atoms with Gasteiger partial charge < -0.3 is 15.0 Å². The van der Waals surface area contributed by atoms with E-state index in [4.69, 9.17) is 9.84 Å². The number of piperazine rings is 1. The van der Waals surface area contributed by atoms with Gasteiger partial charge in [-0.15, -0.1) is 0 Å². The largest absolute Gasteiger partial charge is 0.496 e. The number of ether oxygens (including phenoxy) is 1. The second-order valence-electron chi connectivity index (χ2n) is 8.65. The molecule has 1 atom stereocenters. The molecule has 152 valence electrons. The molecule has 1 unspecified atom stereocenters. The molecule has 28 heavy (non-hydrogen) atoms. The minimum absolute atomic E-state index is 0.0256. The van der Waals surface area contributed by atoms with Crippen LogP contribution in [0.1, 0.15) is 68.3 Å². The lowest BCUT2D eigenvalue weighted by Gasteiger charge is -2.36. The predicted octanol–water partition coefficient (Wildman–Crippen LogP) is 3.56. The number of hydrogen-bond donors (Lipinski definition) is 1. The molecule has 1 saturated heterocycles. The minimum atomic E-state index is -0.177. The number of methoxy groups -OCH3 is 1. The molecular weight excluding hydrogens is 352 g/mol. The number of nitrogens with one attached hydrogen (secondary N) is 1. The highest BCUT2D eigenvalue weighted by Gasteiger charge is 2.33. The number of aromatic nitrogens is 2. The highest BCUT2D eigenvalue weighted by molar-refractivity contribution is 5.93. The summed E-state index contributed by atoms with van der Waals surface area (Å²) in [7, 11) is 1.67. The van der Waals surface area contributed by atoms with Gasteiger partial charge in [0.05, 0.1) is 18.7 Å². The van der Waals surface area contributed by atoms with E-state index in [9.17, 15) is 4.79 Å². The second kappa shape index (κ2) is 7.95. The molecule has 0 saturated carbocycles. The van der Waals surface area contributed by atoms with Crippen LogP contribution in [0, 0.1) is 0 Å². The maximum absolute atomic E-state index is 13.5. The van der Waals surface area contributed by atoms with E-state index in [2.05, 4.69) is 39.9 Å². The maximum atomic E-state index is 13.5. The summed E-state index contributed by atoms with van der Waals surface area (Å²) in [6, 6.07) is 9.78. The minimum Gasteiger partial charge on any atom is -0.496 e. The molecule has 1 aromatic carbocycles. The summed E-state index contributed by atoms with van der Waals surface area (Å²) in [5.41, 5.74) is 2.44. The van der Waals surface area contributed by atoms with Gasteiger partial charge in [0.25, 0.3) is 5.91 Å². The summed E-state index contributed by atoms with van der Waals surface area (Å²) >= 11 is 0. The highest BCUT2D eigenvalue weighted by atomic mass is 16.5. The summed E-state index contributed by atoms with van der Waals surface area (Å²) in [6.07, 6.45) is 0. The van der Waals surface area contributed by atoms with E-state index < -0.39 is 0 Å². The van der Waals surface area contributed by atoms with Crippen molar-refractivity contribution in [3.63, 3.8) is 0 Å². The molecule has 1 N–H and O–H groups in total. The van der Waals surface area contributed by atoms with Crippen LogP contribution in [0.5, 0.6) is 5.75 Å². The molecule has 1 fully saturated rings. The van der Waals surface area contributed by atoms with Crippen molar-refractivity contribution >= 4 is 5.91 Å². The van der Waals surface area contributed by atoms with E-state index in [0.717, 1.165) is 23.6 Å². The zero-order chi connectivity index (χ0) is 20.5. The topological polar surface area (TPSA) is 59.4 Å². The number of para-hydroxylation sites is 1. The number of nitrogens with zero attached hydrogens (tertiary/aromatic N) is 3. The predicted molar refractivity (Wildman–Crippen MR) is 111 cm³/mol. The third-order valence-corrected chi connectivity index (χ3v) is 5.19. The van der Waals surface area contributed by atoms with Crippen molar-refractivity contribution < 1.29 is 9.53 Å². The Bertz CT molecular complexity index is 835. The van der Waals surface area contributed by atoms with Crippen molar-refractivity contribution in [3.05, 3.63) is 47.3 Å². The van der Waals surface area contributed by atoms with Gasteiger partial charge in [0.1, 0.15) is 5.75 Å². The first kappa shape index (κ1) is 20.4. The Labute approximate surface area is 167 Å². The van der Waals surface area contributed by atoms with Crippen molar-refractivity contribution in [1.29, 1.82) is 0 Å². The standard InChI is InChI=1S/C22H32N4O2/c1-15(2)18-13-17(24-26(18)22(3,4)5)21(27)25-12-11-23-14-19(25)16-9-7-8-10-20(16)28-6/h7-10,13,15,19,23H,11-12,14H2,1-6H3. The Morgan fingerprint density at radius 1 is 1.29 bits per heavy atom. The van der Waals surface area contributed by atoms with Gasteiger partial charge >= 0.3 is 0 Å². The third-order valence-electron chi connectivity index (χ3n) is 5.19. The molecular formula is C22H32N4O2. The van der Waals surface area contributed by atoms with Gasteiger partial charge in [0, 0.05) is 30.9 Å². The number of benzene rings is 1. The molecule has 0 spiro atoms.